The summed E-state index contributed by atoms with van der Waals surface area (Å²) in [6, 6.07) is 10.4. The van der Waals surface area contributed by atoms with Crippen molar-refractivity contribution in [2.45, 2.75) is 13.3 Å². The number of halogens is 1. The zero-order chi connectivity index (χ0) is 19.4. The number of anilines is 2. The maximum Gasteiger partial charge on any atom is 0.343 e. The molecule has 0 radical (unpaired) electrons. The molecule has 0 aliphatic carbocycles. The van der Waals surface area contributed by atoms with Gasteiger partial charge in [-0.15, -0.1) is 0 Å². The molecule has 2 aromatic carbocycles. The number of para-hydroxylation sites is 1. The van der Waals surface area contributed by atoms with Crippen LogP contribution in [0.15, 0.2) is 42.6 Å². The molecule has 3 N–H and O–H groups in total. The predicted molar refractivity (Wildman–Crippen MR) is 101 cm³/mol. The SMILES string of the molecule is CO[N+](=O)c1cc(F)c(NCCc2c[nH]c3ccccc23)cc1NC(C)=O. The highest BCUT2D eigenvalue weighted by atomic mass is 19.1. The molecule has 7 nitrogen and oxygen atoms in total. The molecule has 0 saturated carbocycles. The van der Waals surface area contributed by atoms with Crippen LogP contribution in [-0.4, -0.2) is 29.5 Å². The number of aromatic amines is 1. The van der Waals surface area contributed by atoms with Gasteiger partial charge in [0.1, 0.15) is 5.69 Å². The van der Waals surface area contributed by atoms with Crippen LogP contribution in [0, 0.1) is 10.7 Å². The van der Waals surface area contributed by atoms with Gasteiger partial charge in [0.25, 0.3) is 4.92 Å². The maximum absolute atomic E-state index is 14.4. The van der Waals surface area contributed by atoms with Crippen molar-refractivity contribution < 1.29 is 18.9 Å². The van der Waals surface area contributed by atoms with Crippen LogP contribution in [0.5, 0.6) is 0 Å². The molecule has 0 aliphatic heterocycles. The second kappa shape index (κ2) is 7.86. The monoisotopic (exact) mass is 371 g/mol. The molecule has 1 amide bonds. The lowest BCUT2D eigenvalue weighted by Crippen LogP contribution is -2.12. The standard InChI is InChI=1S/C19H19FN4O3/c1-12(25)23-18-10-17(15(20)9-19(18)24(26)27-2)21-8-7-13-11-22-16-6-4-3-5-14(13)16/h3-6,9-11,22H,7-8H2,1-2H3,(H-,21,23,25,26)/p+1. The minimum absolute atomic E-state index is 0.118. The molecule has 1 heterocycles. The molecule has 27 heavy (non-hydrogen) atoms. The molecule has 140 valence electrons. The lowest BCUT2D eigenvalue weighted by molar-refractivity contribution is -0.736. The fourth-order valence-electron chi connectivity index (χ4n) is 2.91. The summed E-state index contributed by atoms with van der Waals surface area (Å²) in [7, 11) is 1.16. The number of fused-ring (bicyclic) bond motifs is 1. The minimum Gasteiger partial charge on any atom is -0.382 e. The van der Waals surface area contributed by atoms with Crippen LogP contribution >= 0.6 is 0 Å². The van der Waals surface area contributed by atoms with E-state index in [1.807, 2.05) is 30.5 Å². The normalized spacial score (nSPS) is 10.6. The summed E-state index contributed by atoms with van der Waals surface area (Å²) in [6.45, 7) is 1.78. The van der Waals surface area contributed by atoms with Crippen molar-refractivity contribution in [3.05, 3.63) is 58.9 Å². The third kappa shape index (κ3) is 4.05. The molecule has 0 spiro atoms. The van der Waals surface area contributed by atoms with E-state index in [1.165, 1.54) is 13.0 Å². The second-order valence-corrected chi connectivity index (χ2v) is 6.01. The Balaban J connectivity index is 1.77. The van der Waals surface area contributed by atoms with Gasteiger partial charge in [0, 0.05) is 30.6 Å². The van der Waals surface area contributed by atoms with Gasteiger partial charge in [-0.05, 0) is 24.1 Å². The summed E-state index contributed by atoms with van der Waals surface area (Å²) in [4.78, 5) is 31.0. The van der Waals surface area contributed by atoms with E-state index in [4.69, 9.17) is 0 Å². The molecule has 3 rings (SSSR count). The Bertz CT molecular complexity index is 1000. The number of hydrogen-bond acceptors (Lipinski definition) is 4. The van der Waals surface area contributed by atoms with Gasteiger partial charge in [-0.1, -0.05) is 18.2 Å². The average molecular weight is 371 g/mol. The number of hydrogen-bond donors (Lipinski definition) is 3. The summed E-state index contributed by atoms with van der Waals surface area (Å²) >= 11 is 0. The fourth-order valence-corrected chi connectivity index (χ4v) is 2.91. The topological polar surface area (TPSA) is 86.2 Å². The first-order valence-electron chi connectivity index (χ1n) is 8.41. The Morgan fingerprint density at radius 3 is 2.78 bits per heavy atom. The number of carbonyl (C=O) groups is 1. The average Bonchev–Trinajstić information content (AvgIpc) is 3.06. The van der Waals surface area contributed by atoms with Crippen LogP contribution in [0.3, 0.4) is 0 Å². The lowest BCUT2D eigenvalue weighted by Gasteiger charge is -2.10. The van der Waals surface area contributed by atoms with Crippen molar-refractivity contribution in [1.82, 2.24) is 4.98 Å². The zero-order valence-corrected chi connectivity index (χ0v) is 15.0. The van der Waals surface area contributed by atoms with Gasteiger partial charge in [0.05, 0.1) is 16.7 Å². The highest BCUT2D eigenvalue weighted by Crippen LogP contribution is 2.31. The van der Waals surface area contributed by atoms with E-state index in [9.17, 15) is 14.1 Å². The fraction of sp³-hybridized carbons (Fsp3) is 0.211. The van der Waals surface area contributed by atoms with Crippen molar-refractivity contribution in [3.63, 3.8) is 0 Å². The predicted octanol–water partition coefficient (Wildman–Crippen LogP) is 3.89. The number of nitrogens with one attached hydrogen (secondary N) is 3. The molecule has 8 heteroatoms. The third-order valence-corrected chi connectivity index (χ3v) is 4.14. The lowest BCUT2D eigenvalue weighted by atomic mass is 10.1. The Kier molecular flexibility index (Phi) is 5.35. The van der Waals surface area contributed by atoms with Crippen LogP contribution < -0.4 is 10.6 Å². The first kappa shape index (κ1) is 18.4. The van der Waals surface area contributed by atoms with Gasteiger partial charge < -0.3 is 15.6 Å². The first-order chi connectivity index (χ1) is 13.0. The van der Waals surface area contributed by atoms with Gasteiger partial charge in [-0.2, -0.15) is 0 Å². The van der Waals surface area contributed by atoms with Crippen LogP contribution in [0.1, 0.15) is 12.5 Å². The van der Waals surface area contributed by atoms with E-state index in [0.717, 1.165) is 29.6 Å². The molecule has 0 unspecified atom stereocenters. The summed E-state index contributed by atoms with van der Waals surface area (Å²) in [6.07, 6.45) is 2.61. The Morgan fingerprint density at radius 2 is 2.04 bits per heavy atom. The first-order valence-corrected chi connectivity index (χ1v) is 8.41. The smallest absolute Gasteiger partial charge is 0.343 e. The molecule has 0 saturated heterocycles. The Morgan fingerprint density at radius 1 is 1.26 bits per heavy atom. The largest absolute Gasteiger partial charge is 0.382 e. The number of benzene rings is 2. The van der Waals surface area contributed by atoms with Crippen molar-refractivity contribution >= 4 is 33.9 Å². The van der Waals surface area contributed by atoms with Gasteiger partial charge in [-0.25, -0.2) is 9.23 Å². The molecular formula is C19H20FN4O3+. The van der Waals surface area contributed by atoms with Crippen molar-refractivity contribution in [2.75, 3.05) is 24.3 Å². The summed E-state index contributed by atoms with van der Waals surface area (Å²) in [5, 5.41) is 6.65. The number of H-pyrrole nitrogens is 1. The second-order valence-electron chi connectivity index (χ2n) is 6.01. The number of rotatable bonds is 7. The van der Waals surface area contributed by atoms with Gasteiger partial charge in [0.2, 0.25) is 5.91 Å². The van der Waals surface area contributed by atoms with E-state index in [-0.39, 0.29) is 27.9 Å². The van der Waals surface area contributed by atoms with Crippen LogP contribution in [-0.2, 0) is 16.1 Å². The molecule has 0 bridgehead atoms. The molecule has 1 aromatic heterocycles. The van der Waals surface area contributed by atoms with Crippen LogP contribution in [0.2, 0.25) is 0 Å². The summed E-state index contributed by atoms with van der Waals surface area (Å²) < 4.78 is 14.4. The van der Waals surface area contributed by atoms with Crippen LogP contribution in [0.25, 0.3) is 10.9 Å². The van der Waals surface area contributed by atoms with Crippen LogP contribution in [0.4, 0.5) is 21.5 Å². The maximum atomic E-state index is 14.4. The third-order valence-electron chi connectivity index (χ3n) is 4.14. The number of aromatic nitrogens is 1. The molecule has 0 atom stereocenters. The quantitative estimate of drug-likeness (QED) is 0.550. The molecule has 0 fully saturated rings. The van der Waals surface area contributed by atoms with Crippen molar-refractivity contribution in [3.8, 4) is 0 Å². The van der Waals surface area contributed by atoms with Crippen molar-refractivity contribution in [1.29, 1.82) is 0 Å². The van der Waals surface area contributed by atoms with E-state index in [1.54, 1.807) is 0 Å². The Labute approximate surface area is 155 Å². The summed E-state index contributed by atoms with van der Waals surface area (Å²) in [5.74, 6) is -0.993. The zero-order valence-electron chi connectivity index (χ0n) is 15.0. The molecular weight excluding hydrogens is 351 g/mol. The highest BCUT2D eigenvalue weighted by Gasteiger charge is 2.24. The number of amides is 1. The van der Waals surface area contributed by atoms with Gasteiger partial charge in [0.15, 0.2) is 12.9 Å². The summed E-state index contributed by atoms with van der Waals surface area (Å²) in [5.41, 5.74) is 2.39. The number of nitrogens with zero attached hydrogens (tertiary/aromatic N) is 1. The minimum atomic E-state index is -0.615. The van der Waals surface area contributed by atoms with Crippen molar-refractivity contribution in [2.24, 2.45) is 0 Å². The van der Waals surface area contributed by atoms with E-state index in [2.05, 4.69) is 20.5 Å². The Hall–Kier alpha value is -3.42. The highest BCUT2D eigenvalue weighted by molar-refractivity contribution is 5.92. The van der Waals surface area contributed by atoms with Gasteiger partial charge in [-0.3, -0.25) is 4.79 Å². The van der Waals surface area contributed by atoms with E-state index >= 15 is 0 Å². The number of carbonyl (C=O) groups excluding carboxylic acids is 1. The molecule has 3 aromatic rings. The van der Waals surface area contributed by atoms with Gasteiger partial charge >= 0.3 is 5.69 Å². The van der Waals surface area contributed by atoms with E-state index < -0.39 is 5.82 Å². The van der Waals surface area contributed by atoms with E-state index in [0.29, 0.717) is 13.0 Å². The molecule has 0 aliphatic rings.